The van der Waals surface area contributed by atoms with Gasteiger partial charge in [0.2, 0.25) is 5.91 Å². The van der Waals surface area contributed by atoms with Crippen molar-refractivity contribution in [1.29, 1.82) is 0 Å². The lowest BCUT2D eigenvalue weighted by molar-refractivity contribution is -0.340. The first-order chi connectivity index (χ1) is 19.0. The summed E-state index contributed by atoms with van der Waals surface area (Å²) in [6.07, 6.45) is -16.4. The van der Waals surface area contributed by atoms with Crippen molar-refractivity contribution in [3.8, 4) is 0 Å². The summed E-state index contributed by atoms with van der Waals surface area (Å²) in [5.74, 6) is -2.26. The highest BCUT2D eigenvalue weighted by Crippen LogP contribution is 2.29. The molecule has 0 spiro atoms. The molecule has 16 heteroatoms. The summed E-state index contributed by atoms with van der Waals surface area (Å²) in [5, 5.41) is 65.1. The average molecular weight is 575 g/mol. The molecule has 0 aliphatic carbocycles. The smallest absolute Gasteiger partial charge is 0.407 e. The predicted molar refractivity (Wildman–Crippen MR) is 129 cm³/mol. The summed E-state index contributed by atoms with van der Waals surface area (Å²) in [6, 6.07) is 7.68. The number of rotatable bonds is 11. The second-order valence-corrected chi connectivity index (χ2v) is 9.14. The van der Waals surface area contributed by atoms with E-state index in [0.29, 0.717) is 0 Å². The maximum atomic E-state index is 12.0. The Morgan fingerprint density at radius 3 is 2.27 bits per heavy atom. The fraction of sp³-hybridized carbons (Fsp3) is 0.625. The molecule has 0 unspecified atom stereocenters. The van der Waals surface area contributed by atoms with E-state index in [1.165, 1.54) is 0 Å². The highest BCUT2D eigenvalue weighted by molar-refractivity contribution is 5.73. The second kappa shape index (κ2) is 14.6. The van der Waals surface area contributed by atoms with Gasteiger partial charge >= 0.3 is 12.1 Å². The van der Waals surface area contributed by atoms with E-state index in [1.54, 1.807) is 24.3 Å². The molecule has 0 aromatic heterocycles. The standard InChI is InChI=1S/C24H34N2O14/c1-11(28)26-14-19(39-23-18(32)16(30)17(31)20(40-23)21(33)34)15(29)13(9-27)38-22(14)36-8-7-25-24(35)37-10-12-5-3-2-4-6-12/h2-6,13-20,22-23,27,29-32H,7-10H2,1H3,(H,25,35)(H,26,28)(H,33,34)/t13-,14-,15-,16+,17+,18-,19-,20+,22-,23-/m1/s1. The van der Waals surface area contributed by atoms with Gasteiger partial charge in [0.05, 0.1) is 13.2 Å². The number of hydrogen-bond donors (Lipinski definition) is 8. The Balaban J connectivity index is 1.65. The molecule has 1 aromatic carbocycles. The first-order valence-electron chi connectivity index (χ1n) is 12.4. The normalized spacial score (nSPS) is 34.0. The molecule has 2 aliphatic heterocycles. The first kappa shape index (κ1) is 31.6. The minimum atomic E-state index is -1.98. The SMILES string of the molecule is CC(=O)N[C@H]1[C@H](OCCNC(=O)OCc2ccccc2)O[C@H](CO)[C@@H](O)[C@@H]1O[C@@H]1O[C@H](C(=O)O)[C@@H](O)[C@H](O)[C@H]1O. The number of ether oxygens (including phenoxy) is 5. The van der Waals surface area contributed by atoms with Crippen molar-refractivity contribution >= 4 is 18.0 Å². The van der Waals surface area contributed by atoms with E-state index < -0.39 is 85.9 Å². The molecule has 2 heterocycles. The molecule has 0 radical (unpaired) electrons. The van der Waals surface area contributed by atoms with Crippen molar-refractivity contribution in [2.75, 3.05) is 19.8 Å². The van der Waals surface area contributed by atoms with E-state index in [-0.39, 0.29) is 19.8 Å². The van der Waals surface area contributed by atoms with Crippen LogP contribution in [0.25, 0.3) is 0 Å². The largest absolute Gasteiger partial charge is 0.479 e. The van der Waals surface area contributed by atoms with Crippen LogP contribution in [-0.2, 0) is 39.9 Å². The molecule has 2 amide bonds. The highest BCUT2D eigenvalue weighted by Gasteiger charge is 2.52. The number of alkyl carbamates (subject to hydrolysis) is 1. The number of carbonyl (C=O) groups is 3. The lowest BCUT2D eigenvalue weighted by atomic mass is 9.95. The Kier molecular flexibility index (Phi) is 11.6. The van der Waals surface area contributed by atoms with E-state index in [4.69, 9.17) is 23.7 Å². The summed E-state index contributed by atoms with van der Waals surface area (Å²) in [7, 11) is 0. The number of nitrogens with one attached hydrogen (secondary N) is 2. The molecular weight excluding hydrogens is 540 g/mol. The van der Waals surface area contributed by atoms with Crippen LogP contribution in [0.1, 0.15) is 12.5 Å². The molecule has 2 saturated heterocycles. The Hall–Kier alpha value is -2.93. The number of aliphatic hydroxyl groups excluding tert-OH is 5. The van der Waals surface area contributed by atoms with Gasteiger partial charge in [0, 0.05) is 13.5 Å². The van der Waals surface area contributed by atoms with Crippen LogP contribution in [0.3, 0.4) is 0 Å². The van der Waals surface area contributed by atoms with Gasteiger partial charge in [-0.3, -0.25) is 4.79 Å². The van der Waals surface area contributed by atoms with Crippen molar-refractivity contribution in [3.63, 3.8) is 0 Å². The molecule has 8 N–H and O–H groups in total. The minimum absolute atomic E-state index is 0.0442. The van der Waals surface area contributed by atoms with E-state index >= 15 is 0 Å². The summed E-state index contributed by atoms with van der Waals surface area (Å²) in [6.45, 7) is 0.215. The van der Waals surface area contributed by atoms with Crippen molar-refractivity contribution in [2.24, 2.45) is 0 Å². The molecule has 1 aromatic rings. The van der Waals surface area contributed by atoms with Crippen molar-refractivity contribution in [2.45, 2.75) is 74.9 Å². The van der Waals surface area contributed by atoms with Crippen LogP contribution in [0.5, 0.6) is 0 Å². The number of carboxylic acids is 1. The lowest BCUT2D eigenvalue weighted by Crippen LogP contribution is -2.68. The van der Waals surface area contributed by atoms with E-state index in [1.807, 2.05) is 6.07 Å². The molecule has 0 bridgehead atoms. The van der Waals surface area contributed by atoms with Gasteiger partial charge in [0.1, 0.15) is 49.3 Å². The summed E-state index contributed by atoms with van der Waals surface area (Å²) in [5.41, 5.74) is 0.783. The molecule has 224 valence electrons. The number of carboxylic acid groups (broad SMARTS) is 1. The van der Waals surface area contributed by atoms with Crippen LogP contribution >= 0.6 is 0 Å². The van der Waals surface area contributed by atoms with Crippen LogP contribution < -0.4 is 10.6 Å². The fourth-order valence-corrected chi connectivity index (χ4v) is 4.18. The number of aliphatic hydroxyl groups is 5. The second-order valence-electron chi connectivity index (χ2n) is 9.14. The topological polar surface area (TPSA) is 243 Å². The maximum absolute atomic E-state index is 12.0. The molecule has 10 atom stereocenters. The fourth-order valence-electron chi connectivity index (χ4n) is 4.18. The monoisotopic (exact) mass is 574 g/mol. The Labute approximate surface area is 228 Å². The van der Waals surface area contributed by atoms with Crippen LogP contribution in [-0.4, -0.2) is 130 Å². The quantitative estimate of drug-likeness (QED) is 0.121. The summed E-state index contributed by atoms with van der Waals surface area (Å²) in [4.78, 5) is 35.3. The molecule has 2 fully saturated rings. The zero-order valence-electron chi connectivity index (χ0n) is 21.4. The van der Waals surface area contributed by atoms with Crippen molar-refractivity contribution < 1.29 is 68.7 Å². The third-order valence-corrected chi connectivity index (χ3v) is 6.19. The van der Waals surface area contributed by atoms with Gasteiger partial charge in [-0.25, -0.2) is 9.59 Å². The van der Waals surface area contributed by atoms with Crippen LogP contribution in [0, 0.1) is 0 Å². The zero-order chi connectivity index (χ0) is 29.4. The first-order valence-corrected chi connectivity index (χ1v) is 12.4. The summed E-state index contributed by atoms with van der Waals surface area (Å²) < 4.78 is 27.0. The Bertz CT molecular complexity index is 984. The molecule has 0 saturated carbocycles. The van der Waals surface area contributed by atoms with Gasteiger partial charge < -0.3 is 65.0 Å². The molecule has 16 nitrogen and oxygen atoms in total. The number of aliphatic carboxylic acids is 1. The highest BCUT2D eigenvalue weighted by atomic mass is 16.7. The maximum Gasteiger partial charge on any atom is 0.407 e. The minimum Gasteiger partial charge on any atom is -0.479 e. The van der Waals surface area contributed by atoms with E-state index in [9.17, 15) is 45.0 Å². The summed E-state index contributed by atoms with van der Waals surface area (Å²) >= 11 is 0. The number of benzene rings is 1. The molecule has 40 heavy (non-hydrogen) atoms. The van der Waals surface area contributed by atoms with Gasteiger partial charge in [0.25, 0.3) is 0 Å². The number of amides is 2. The van der Waals surface area contributed by atoms with Crippen LogP contribution in [0.2, 0.25) is 0 Å². The van der Waals surface area contributed by atoms with Gasteiger partial charge in [-0.2, -0.15) is 0 Å². The van der Waals surface area contributed by atoms with E-state index in [2.05, 4.69) is 10.6 Å². The average Bonchev–Trinajstić information content (AvgIpc) is 2.92. The Morgan fingerprint density at radius 1 is 0.950 bits per heavy atom. The zero-order valence-corrected chi connectivity index (χ0v) is 21.4. The van der Waals surface area contributed by atoms with Gasteiger partial charge in [-0.1, -0.05) is 30.3 Å². The van der Waals surface area contributed by atoms with E-state index in [0.717, 1.165) is 12.5 Å². The van der Waals surface area contributed by atoms with Crippen LogP contribution in [0.4, 0.5) is 4.79 Å². The molecule has 3 rings (SSSR count). The van der Waals surface area contributed by atoms with Gasteiger partial charge in [-0.05, 0) is 5.56 Å². The van der Waals surface area contributed by atoms with Crippen molar-refractivity contribution in [1.82, 2.24) is 10.6 Å². The Morgan fingerprint density at radius 2 is 1.65 bits per heavy atom. The van der Waals surface area contributed by atoms with Crippen molar-refractivity contribution in [3.05, 3.63) is 35.9 Å². The third kappa shape index (κ3) is 8.06. The number of carbonyl (C=O) groups excluding carboxylic acids is 2. The third-order valence-electron chi connectivity index (χ3n) is 6.19. The van der Waals surface area contributed by atoms with Gasteiger partial charge in [0.15, 0.2) is 18.7 Å². The number of hydrogen-bond acceptors (Lipinski definition) is 13. The molecular formula is C24H34N2O14. The van der Waals surface area contributed by atoms with Gasteiger partial charge in [-0.15, -0.1) is 0 Å². The molecule has 2 aliphatic rings. The van der Waals surface area contributed by atoms with Crippen LogP contribution in [0.15, 0.2) is 30.3 Å². The predicted octanol–water partition coefficient (Wildman–Crippen LogP) is -3.21. The lowest BCUT2D eigenvalue weighted by Gasteiger charge is -2.47.